The minimum absolute atomic E-state index is 0.151. The molecule has 4 heteroatoms. The third-order valence-electron chi connectivity index (χ3n) is 2.96. The molecule has 0 saturated carbocycles. The van der Waals surface area contributed by atoms with Crippen molar-refractivity contribution < 1.29 is 4.92 Å². The van der Waals surface area contributed by atoms with Crippen LogP contribution in [0.2, 0.25) is 0 Å². The van der Waals surface area contributed by atoms with Crippen LogP contribution in [0.15, 0.2) is 6.20 Å². The number of fused-ring (bicyclic) bond motifs is 1. The molecule has 0 N–H and O–H groups in total. The summed E-state index contributed by atoms with van der Waals surface area (Å²) in [5, 5.41) is 10.7. The van der Waals surface area contributed by atoms with Crippen molar-refractivity contribution in [1.82, 2.24) is 4.98 Å². The number of pyridine rings is 1. The van der Waals surface area contributed by atoms with Gasteiger partial charge in [-0.1, -0.05) is 6.92 Å². The van der Waals surface area contributed by atoms with Crippen molar-refractivity contribution in [2.24, 2.45) is 0 Å². The first-order valence-corrected chi connectivity index (χ1v) is 4.74. The van der Waals surface area contributed by atoms with Crippen molar-refractivity contribution in [3.8, 4) is 0 Å². The Morgan fingerprint density at radius 3 is 3.00 bits per heavy atom. The van der Waals surface area contributed by atoms with Gasteiger partial charge in [-0.15, -0.1) is 0 Å². The summed E-state index contributed by atoms with van der Waals surface area (Å²) in [6, 6.07) is 0. The lowest BCUT2D eigenvalue weighted by molar-refractivity contribution is -0.385. The Morgan fingerprint density at radius 1 is 1.64 bits per heavy atom. The zero-order valence-electron chi connectivity index (χ0n) is 8.28. The summed E-state index contributed by atoms with van der Waals surface area (Å²) in [5.41, 5.74) is 3.09. The molecule has 0 amide bonds. The minimum atomic E-state index is -0.356. The smallest absolute Gasteiger partial charge is 0.258 e. The second-order valence-corrected chi connectivity index (χ2v) is 3.83. The molecule has 0 radical (unpaired) electrons. The number of nitro groups is 1. The highest BCUT2D eigenvalue weighted by Gasteiger charge is 2.26. The Labute approximate surface area is 82.1 Å². The average molecular weight is 192 g/mol. The molecule has 1 aliphatic carbocycles. The Balaban J connectivity index is 2.58. The highest BCUT2D eigenvalue weighted by atomic mass is 16.6. The molecule has 4 nitrogen and oxygen atoms in total. The zero-order chi connectivity index (χ0) is 10.3. The van der Waals surface area contributed by atoms with E-state index in [1.807, 2.05) is 6.92 Å². The van der Waals surface area contributed by atoms with Gasteiger partial charge in [0.15, 0.2) is 0 Å². The monoisotopic (exact) mass is 192 g/mol. The van der Waals surface area contributed by atoms with Crippen LogP contribution in [0.5, 0.6) is 0 Å². The van der Waals surface area contributed by atoms with Crippen LogP contribution in [0, 0.1) is 17.0 Å². The molecule has 0 aliphatic heterocycles. The van der Waals surface area contributed by atoms with E-state index in [9.17, 15) is 10.1 Å². The molecule has 0 spiro atoms. The number of hydrogen-bond acceptors (Lipinski definition) is 3. The molecule has 0 fully saturated rings. The maximum atomic E-state index is 10.7. The van der Waals surface area contributed by atoms with Gasteiger partial charge in [0.25, 0.3) is 5.69 Å². The summed E-state index contributed by atoms with van der Waals surface area (Å²) in [6.07, 6.45) is 3.37. The molecule has 1 aliphatic rings. The molecule has 0 saturated heterocycles. The first-order chi connectivity index (χ1) is 6.61. The summed E-state index contributed by atoms with van der Waals surface area (Å²) < 4.78 is 0. The van der Waals surface area contributed by atoms with Gasteiger partial charge in [-0.2, -0.15) is 0 Å². The molecule has 74 valence electrons. The van der Waals surface area contributed by atoms with Crippen molar-refractivity contribution >= 4 is 5.69 Å². The van der Waals surface area contributed by atoms with E-state index in [0.717, 1.165) is 29.7 Å². The molecule has 1 unspecified atom stereocenters. The minimum Gasteiger partial charge on any atom is -0.258 e. The van der Waals surface area contributed by atoms with Crippen LogP contribution in [0.25, 0.3) is 0 Å². The molecule has 1 heterocycles. The fourth-order valence-corrected chi connectivity index (χ4v) is 2.07. The van der Waals surface area contributed by atoms with Crippen LogP contribution in [0.1, 0.15) is 36.1 Å². The Morgan fingerprint density at radius 2 is 2.36 bits per heavy atom. The van der Waals surface area contributed by atoms with Gasteiger partial charge in [0.05, 0.1) is 4.92 Å². The van der Waals surface area contributed by atoms with E-state index >= 15 is 0 Å². The lowest BCUT2D eigenvalue weighted by atomic mass is 10.1. The van der Waals surface area contributed by atoms with Crippen LogP contribution >= 0.6 is 0 Å². The fraction of sp³-hybridized carbons (Fsp3) is 0.500. The van der Waals surface area contributed by atoms with E-state index in [1.165, 1.54) is 6.20 Å². The van der Waals surface area contributed by atoms with Crippen LogP contribution in [0.4, 0.5) is 5.69 Å². The quantitative estimate of drug-likeness (QED) is 0.507. The Bertz CT molecular complexity index is 401. The van der Waals surface area contributed by atoms with Crippen molar-refractivity contribution in [1.29, 1.82) is 0 Å². The van der Waals surface area contributed by atoms with Gasteiger partial charge in [-0.25, -0.2) is 0 Å². The van der Waals surface area contributed by atoms with E-state index in [1.54, 1.807) is 0 Å². The van der Waals surface area contributed by atoms with Crippen molar-refractivity contribution in [3.05, 3.63) is 33.1 Å². The SMILES string of the molecule is Cc1c([N+](=O)[O-])cnc2c1CCC2C. The summed E-state index contributed by atoms with van der Waals surface area (Å²) in [6.45, 7) is 3.93. The predicted molar refractivity (Wildman–Crippen MR) is 52.4 cm³/mol. The molecule has 1 aromatic heterocycles. The summed E-state index contributed by atoms with van der Waals surface area (Å²) >= 11 is 0. The van der Waals surface area contributed by atoms with Gasteiger partial charge in [-0.05, 0) is 31.2 Å². The zero-order valence-corrected chi connectivity index (χ0v) is 8.28. The van der Waals surface area contributed by atoms with Gasteiger partial charge in [0.2, 0.25) is 0 Å². The first kappa shape index (κ1) is 9.12. The largest absolute Gasteiger partial charge is 0.290 e. The number of nitrogens with zero attached hydrogens (tertiary/aromatic N) is 2. The third-order valence-corrected chi connectivity index (χ3v) is 2.96. The molecular formula is C10H12N2O2. The van der Waals surface area contributed by atoms with Crippen molar-refractivity contribution in [2.75, 3.05) is 0 Å². The highest BCUT2D eigenvalue weighted by Crippen LogP contribution is 2.35. The highest BCUT2D eigenvalue weighted by molar-refractivity contribution is 5.47. The molecule has 0 aromatic carbocycles. The van der Waals surface area contributed by atoms with E-state index in [-0.39, 0.29) is 10.6 Å². The van der Waals surface area contributed by atoms with Crippen LogP contribution < -0.4 is 0 Å². The van der Waals surface area contributed by atoms with Crippen molar-refractivity contribution in [2.45, 2.75) is 32.6 Å². The second-order valence-electron chi connectivity index (χ2n) is 3.83. The standard InChI is InChI=1S/C10H12N2O2/c1-6-3-4-8-7(2)9(12(13)14)5-11-10(6)8/h5-6H,3-4H2,1-2H3. The van der Waals surface area contributed by atoms with Gasteiger partial charge in [-0.3, -0.25) is 15.1 Å². The van der Waals surface area contributed by atoms with Gasteiger partial charge >= 0.3 is 0 Å². The van der Waals surface area contributed by atoms with Crippen molar-refractivity contribution in [3.63, 3.8) is 0 Å². The van der Waals surface area contributed by atoms with Gasteiger partial charge in [0.1, 0.15) is 6.20 Å². The first-order valence-electron chi connectivity index (χ1n) is 4.74. The van der Waals surface area contributed by atoms with E-state index < -0.39 is 0 Å². The molecule has 0 bridgehead atoms. The Hall–Kier alpha value is -1.45. The Kier molecular flexibility index (Phi) is 1.98. The summed E-state index contributed by atoms with van der Waals surface area (Å²) in [7, 11) is 0. The van der Waals surface area contributed by atoms with Crippen LogP contribution in [-0.4, -0.2) is 9.91 Å². The summed E-state index contributed by atoms with van der Waals surface area (Å²) in [4.78, 5) is 14.5. The van der Waals surface area contributed by atoms with E-state index in [2.05, 4.69) is 11.9 Å². The molecular weight excluding hydrogens is 180 g/mol. The normalized spacial score (nSPS) is 19.4. The lowest BCUT2D eigenvalue weighted by Gasteiger charge is -2.05. The molecule has 1 aromatic rings. The second kappa shape index (κ2) is 3.04. The van der Waals surface area contributed by atoms with Crippen LogP contribution in [-0.2, 0) is 6.42 Å². The lowest BCUT2D eigenvalue weighted by Crippen LogP contribution is -1.99. The van der Waals surface area contributed by atoms with Gasteiger partial charge in [0, 0.05) is 11.3 Å². The molecule has 2 rings (SSSR count). The van der Waals surface area contributed by atoms with E-state index in [4.69, 9.17) is 0 Å². The summed E-state index contributed by atoms with van der Waals surface area (Å²) in [5.74, 6) is 0.449. The topological polar surface area (TPSA) is 56.0 Å². The number of rotatable bonds is 1. The third kappa shape index (κ3) is 1.18. The maximum absolute atomic E-state index is 10.7. The fourth-order valence-electron chi connectivity index (χ4n) is 2.07. The number of hydrogen-bond donors (Lipinski definition) is 0. The molecule has 14 heavy (non-hydrogen) atoms. The predicted octanol–water partition coefficient (Wildman–Crippen LogP) is 2.35. The maximum Gasteiger partial charge on any atom is 0.290 e. The van der Waals surface area contributed by atoms with Gasteiger partial charge < -0.3 is 0 Å². The van der Waals surface area contributed by atoms with Crippen LogP contribution in [0.3, 0.4) is 0 Å². The van der Waals surface area contributed by atoms with E-state index in [0.29, 0.717) is 5.92 Å². The number of aromatic nitrogens is 1. The molecule has 1 atom stereocenters. The average Bonchev–Trinajstić information content (AvgIpc) is 2.49.